The number of rotatable bonds is 0. The number of ether oxygens (including phenoxy) is 2. The van der Waals surface area contributed by atoms with E-state index in [9.17, 15) is 4.79 Å². The maximum absolute atomic E-state index is 12.1. The molecule has 96 valence electrons. The predicted octanol–water partition coefficient (Wildman–Crippen LogP) is 2.71. The lowest BCUT2D eigenvalue weighted by atomic mass is 10.2. The van der Waals surface area contributed by atoms with E-state index in [4.69, 9.17) is 9.47 Å². The highest BCUT2D eigenvalue weighted by atomic mass is 79.9. The number of nitrogens with zero attached hydrogens (tertiary/aromatic N) is 1. The van der Waals surface area contributed by atoms with E-state index in [1.54, 1.807) is 0 Å². The van der Waals surface area contributed by atoms with E-state index in [0.717, 1.165) is 0 Å². The van der Waals surface area contributed by atoms with Crippen LogP contribution in [0.15, 0.2) is 0 Å². The monoisotopic (exact) mass is 303 g/mol. The average molecular weight is 304 g/mol. The average Bonchev–Trinajstić information content (AvgIpc) is 2.39. The van der Waals surface area contributed by atoms with Crippen molar-refractivity contribution in [2.45, 2.75) is 52.0 Å². The van der Waals surface area contributed by atoms with Gasteiger partial charge in [-0.25, -0.2) is 4.79 Å². The van der Waals surface area contributed by atoms with E-state index in [-0.39, 0.29) is 6.04 Å². The molecule has 0 saturated carbocycles. The van der Waals surface area contributed by atoms with Crippen LogP contribution < -0.4 is 0 Å². The van der Waals surface area contributed by atoms with Crippen LogP contribution in [0.1, 0.15) is 34.6 Å². The third-order valence-corrected chi connectivity index (χ3v) is 2.53. The summed E-state index contributed by atoms with van der Waals surface area (Å²) in [6.07, 6.45) is -0.403. The lowest BCUT2D eigenvalue weighted by Crippen LogP contribution is -2.49. The third kappa shape index (κ3) is 3.62. The van der Waals surface area contributed by atoms with E-state index in [0.29, 0.717) is 6.61 Å². The second-order valence-electron chi connectivity index (χ2n) is 5.36. The standard InChI is InChI=1S/C12H18BrNO3/c1-11(2,3)17-10(15)14-9(6-7-13)8-16-12(14,4)5/h9H,8H2,1-5H3/t9-/m1/s1. The molecule has 0 aromatic heterocycles. The van der Waals surface area contributed by atoms with Crippen molar-refractivity contribution in [3.8, 4) is 10.8 Å². The summed E-state index contributed by atoms with van der Waals surface area (Å²) in [5.41, 5.74) is -1.22. The summed E-state index contributed by atoms with van der Waals surface area (Å²) in [5, 5.41) is 0. The van der Waals surface area contributed by atoms with E-state index < -0.39 is 17.4 Å². The van der Waals surface area contributed by atoms with E-state index in [1.165, 1.54) is 4.90 Å². The fourth-order valence-electron chi connectivity index (χ4n) is 1.63. The summed E-state index contributed by atoms with van der Waals surface area (Å²) >= 11 is 3.04. The lowest BCUT2D eigenvalue weighted by molar-refractivity contribution is -0.0607. The second-order valence-corrected chi connectivity index (χ2v) is 5.76. The summed E-state index contributed by atoms with van der Waals surface area (Å²) < 4.78 is 10.9. The topological polar surface area (TPSA) is 38.8 Å². The van der Waals surface area contributed by atoms with Gasteiger partial charge in [0.05, 0.1) is 6.61 Å². The van der Waals surface area contributed by atoms with Crippen LogP contribution in [-0.4, -0.2) is 35.0 Å². The van der Waals surface area contributed by atoms with Gasteiger partial charge < -0.3 is 9.47 Å². The number of hydrogen-bond donors (Lipinski definition) is 0. The molecule has 0 bridgehead atoms. The molecule has 0 aromatic carbocycles. The van der Waals surface area contributed by atoms with Gasteiger partial charge in [0.25, 0.3) is 0 Å². The van der Waals surface area contributed by atoms with Gasteiger partial charge in [0, 0.05) is 15.9 Å². The molecule has 1 fully saturated rings. The Labute approximate surface area is 111 Å². The first-order valence-corrected chi connectivity index (χ1v) is 6.24. The zero-order valence-corrected chi connectivity index (χ0v) is 12.4. The molecule has 1 heterocycles. The zero-order chi connectivity index (χ0) is 13.3. The summed E-state index contributed by atoms with van der Waals surface area (Å²) in [6, 6.07) is -0.278. The van der Waals surface area contributed by atoms with Gasteiger partial charge in [-0.15, -0.1) is 0 Å². The number of carbonyl (C=O) groups is 1. The molecular weight excluding hydrogens is 286 g/mol. The Morgan fingerprint density at radius 1 is 1.53 bits per heavy atom. The van der Waals surface area contributed by atoms with Crippen molar-refractivity contribution < 1.29 is 14.3 Å². The molecular formula is C12H18BrNO3. The van der Waals surface area contributed by atoms with Crippen molar-refractivity contribution in [2.24, 2.45) is 0 Å². The molecule has 1 aliphatic heterocycles. The van der Waals surface area contributed by atoms with Crippen molar-refractivity contribution in [3.63, 3.8) is 0 Å². The Morgan fingerprint density at radius 3 is 2.59 bits per heavy atom. The molecule has 1 saturated heterocycles. The third-order valence-electron chi connectivity index (χ3n) is 2.30. The smallest absolute Gasteiger partial charge is 0.413 e. The van der Waals surface area contributed by atoms with Crippen LogP contribution in [0.25, 0.3) is 0 Å². The Balaban J connectivity index is 2.89. The van der Waals surface area contributed by atoms with Crippen molar-refractivity contribution in [3.05, 3.63) is 0 Å². The first-order valence-electron chi connectivity index (χ1n) is 5.45. The van der Waals surface area contributed by atoms with Gasteiger partial charge in [0.2, 0.25) is 0 Å². The van der Waals surface area contributed by atoms with Gasteiger partial charge in [-0.2, -0.15) is 0 Å². The summed E-state index contributed by atoms with van der Waals surface area (Å²) in [7, 11) is 0. The first-order chi connectivity index (χ1) is 7.67. The quantitative estimate of drug-likeness (QED) is 0.646. The predicted molar refractivity (Wildman–Crippen MR) is 68.6 cm³/mol. The minimum Gasteiger partial charge on any atom is -0.444 e. The second kappa shape index (κ2) is 4.87. The van der Waals surface area contributed by atoms with Crippen LogP contribution in [0.5, 0.6) is 0 Å². The molecule has 17 heavy (non-hydrogen) atoms. The minimum atomic E-state index is -0.691. The van der Waals surface area contributed by atoms with E-state index >= 15 is 0 Å². The van der Waals surface area contributed by atoms with Crippen LogP contribution in [0, 0.1) is 10.8 Å². The maximum Gasteiger partial charge on any atom is 0.413 e. The Kier molecular flexibility index (Phi) is 4.11. The molecule has 1 atom stereocenters. The van der Waals surface area contributed by atoms with Crippen LogP contribution in [0.4, 0.5) is 4.79 Å². The maximum atomic E-state index is 12.1. The normalized spacial score (nSPS) is 22.9. The fraction of sp³-hybridized carbons (Fsp3) is 0.750. The number of halogens is 1. The molecule has 0 N–H and O–H groups in total. The molecule has 1 amide bonds. The Hall–Kier alpha value is -0.730. The largest absolute Gasteiger partial charge is 0.444 e. The van der Waals surface area contributed by atoms with Gasteiger partial charge in [0.15, 0.2) is 0 Å². The molecule has 0 unspecified atom stereocenters. The molecule has 5 heteroatoms. The molecule has 0 aliphatic carbocycles. The highest BCUT2D eigenvalue weighted by molar-refractivity contribution is 9.12. The summed E-state index contributed by atoms with van der Waals surface area (Å²) in [4.78, 5) is 16.3. The SMILES string of the molecule is CC(C)(C)OC(=O)N1[C@H](C#CBr)COC1(C)C. The van der Waals surface area contributed by atoms with Gasteiger partial charge in [-0.05, 0) is 39.4 Å². The van der Waals surface area contributed by atoms with E-state index in [1.807, 2.05) is 34.6 Å². The van der Waals surface area contributed by atoms with Crippen LogP contribution >= 0.6 is 15.9 Å². The van der Waals surface area contributed by atoms with Gasteiger partial charge in [-0.3, -0.25) is 4.90 Å². The van der Waals surface area contributed by atoms with Crippen LogP contribution in [-0.2, 0) is 9.47 Å². The van der Waals surface area contributed by atoms with Crippen molar-refractivity contribution in [1.29, 1.82) is 0 Å². The number of carbonyl (C=O) groups excluding carboxylic acids is 1. The van der Waals surface area contributed by atoms with Crippen molar-refractivity contribution in [1.82, 2.24) is 4.90 Å². The Morgan fingerprint density at radius 2 is 2.12 bits per heavy atom. The minimum absolute atomic E-state index is 0.278. The van der Waals surface area contributed by atoms with Crippen molar-refractivity contribution in [2.75, 3.05) is 6.61 Å². The summed E-state index contributed by atoms with van der Waals surface area (Å²) in [6.45, 7) is 9.55. The molecule has 4 nitrogen and oxygen atoms in total. The van der Waals surface area contributed by atoms with E-state index in [2.05, 4.69) is 26.7 Å². The highest BCUT2D eigenvalue weighted by Gasteiger charge is 2.45. The van der Waals surface area contributed by atoms with Crippen LogP contribution in [0.2, 0.25) is 0 Å². The molecule has 1 rings (SSSR count). The molecule has 1 aliphatic rings. The van der Waals surface area contributed by atoms with Gasteiger partial charge in [0.1, 0.15) is 17.4 Å². The zero-order valence-electron chi connectivity index (χ0n) is 10.8. The molecule has 0 radical (unpaired) electrons. The molecule has 0 aromatic rings. The first kappa shape index (κ1) is 14.3. The number of hydrogen-bond acceptors (Lipinski definition) is 3. The van der Waals surface area contributed by atoms with Gasteiger partial charge in [-0.1, -0.05) is 5.92 Å². The number of amides is 1. The molecule has 0 spiro atoms. The summed E-state index contributed by atoms with van der Waals surface area (Å²) in [5.74, 6) is 2.88. The highest BCUT2D eigenvalue weighted by Crippen LogP contribution is 2.29. The van der Waals surface area contributed by atoms with Crippen molar-refractivity contribution >= 4 is 22.0 Å². The van der Waals surface area contributed by atoms with Gasteiger partial charge >= 0.3 is 6.09 Å². The Bertz CT molecular complexity index is 362. The fourth-order valence-corrected chi connectivity index (χ4v) is 1.89. The van der Waals surface area contributed by atoms with Crippen LogP contribution in [0.3, 0.4) is 0 Å². The lowest BCUT2D eigenvalue weighted by Gasteiger charge is -2.33.